The number of hydrogen-bond donors (Lipinski definition) is 0. The van der Waals surface area contributed by atoms with Crippen LogP contribution in [-0.2, 0) is 0 Å². The number of benzene rings is 1. The van der Waals surface area contributed by atoms with E-state index in [1.165, 1.54) is 6.07 Å². The second-order valence-electron chi connectivity index (χ2n) is 3.98. The van der Waals surface area contributed by atoms with E-state index in [4.69, 9.17) is 4.74 Å². The Morgan fingerprint density at radius 1 is 1.00 bits per heavy atom. The summed E-state index contributed by atoms with van der Waals surface area (Å²) in [4.78, 5) is 15.6. The van der Waals surface area contributed by atoms with Gasteiger partial charge in [-0.25, -0.2) is 22.9 Å². The maximum atomic E-state index is 13.5. The van der Waals surface area contributed by atoms with E-state index in [-0.39, 0.29) is 16.0 Å². The topological polar surface area (TPSA) is 48.4 Å². The van der Waals surface area contributed by atoms with Crippen molar-refractivity contribution in [1.82, 2.24) is 4.98 Å². The van der Waals surface area contributed by atoms with E-state index < -0.39 is 40.8 Å². The van der Waals surface area contributed by atoms with E-state index in [1.54, 1.807) is 0 Å². The minimum Gasteiger partial charge on any atom is -0.480 e. The molecule has 1 aromatic heterocycles. The lowest BCUT2D eigenvalue weighted by molar-refractivity contribution is 0.0711. The smallest absolute Gasteiger partial charge is 0.349 e. The molecule has 0 N–H and O–H groups in total. The number of hydrogen-bond acceptors (Lipinski definition) is 4. The van der Waals surface area contributed by atoms with E-state index in [1.807, 2.05) is 0 Å². The molecule has 1 heterocycles. The zero-order valence-corrected chi connectivity index (χ0v) is 12.7. The highest BCUT2D eigenvalue weighted by Crippen LogP contribution is 2.30. The molecule has 0 aliphatic heterocycles. The molecular weight excluding hydrogens is 393 g/mol. The van der Waals surface area contributed by atoms with Gasteiger partial charge < -0.3 is 9.47 Å². The standard InChI is InChI=1S/C13H5BrF5NO3/c1-22-12-4(2-3-5(14)20-12)13(21)23-11-9(18)7(16)6(15)8(17)10(11)19/h2-3H,1H3. The van der Waals surface area contributed by atoms with Crippen molar-refractivity contribution < 1.29 is 36.2 Å². The number of halogens is 6. The molecule has 0 atom stereocenters. The van der Waals surface area contributed by atoms with Crippen LogP contribution in [0.4, 0.5) is 22.0 Å². The Bertz CT molecular complexity index is 771. The fraction of sp³-hybridized carbons (Fsp3) is 0.0769. The van der Waals surface area contributed by atoms with Crippen molar-refractivity contribution in [2.24, 2.45) is 0 Å². The second kappa shape index (κ2) is 6.49. The van der Waals surface area contributed by atoms with Crippen LogP contribution in [0.5, 0.6) is 11.6 Å². The normalized spacial score (nSPS) is 10.6. The van der Waals surface area contributed by atoms with Crippen molar-refractivity contribution in [2.45, 2.75) is 0 Å². The molecule has 0 amide bonds. The maximum absolute atomic E-state index is 13.5. The van der Waals surface area contributed by atoms with Crippen LogP contribution in [0, 0.1) is 29.1 Å². The van der Waals surface area contributed by atoms with Crippen LogP contribution < -0.4 is 9.47 Å². The molecule has 0 aliphatic rings. The SMILES string of the molecule is COc1nc(Br)ccc1C(=O)Oc1c(F)c(F)c(F)c(F)c1F. The average Bonchev–Trinajstić information content (AvgIpc) is 2.54. The lowest BCUT2D eigenvalue weighted by Gasteiger charge is -2.10. The molecule has 0 radical (unpaired) electrons. The van der Waals surface area contributed by atoms with Crippen LogP contribution in [0.1, 0.15) is 10.4 Å². The fourth-order valence-corrected chi connectivity index (χ4v) is 1.84. The summed E-state index contributed by atoms with van der Waals surface area (Å²) in [5, 5.41) is 0. The van der Waals surface area contributed by atoms with Gasteiger partial charge in [-0.05, 0) is 28.1 Å². The molecule has 0 saturated carbocycles. The summed E-state index contributed by atoms with van der Waals surface area (Å²) in [5.74, 6) is -14.7. The summed E-state index contributed by atoms with van der Waals surface area (Å²) in [5.41, 5.74) is -0.375. The molecule has 0 fully saturated rings. The molecule has 122 valence electrons. The molecule has 0 saturated heterocycles. The largest absolute Gasteiger partial charge is 0.480 e. The second-order valence-corrected chi connectivity index (χ2v) is 4.79. The Morgan fingerprint density at radius 2 is 1.52 bits per heavy atom. The highest BCUT2D eigenvalue weighted by atomic mass is 79.9. The first-order valence-electron chi connectivity index (χ1n) is 5.72. The van der Waals surface area contributed by atoms with Crippen LogP contribution in [-0.4, -0.2) is 18.1 Å². The van der Waals surface area contributed by atoms with Gasteiger partial charge in [-0.1, -0.05) is 0 Å². The zero-order chi connectivity index (χ0) is 17.3. The van der Waals surface area contributed by atoms with Gasteiger partial charge in [0.2, 0.25) is 40.7 Å². The summed E-state index contributed by atoms with van der Waals surface area (Å²) in [7, 11) is 1.16. The maximum Gasteiger partial charge on any atom is 0.349 e. The third-order valence-corrected chi connectivity index (χ3v) is 3.05. The van der Waals surface area contributed by atoms with Gasteiger partial charge >= 0.3 is 5.97 Å². The van der Waals surface area contributed by atoms with Gasteiger partial charge in [0, 0.05) is 0 Å². The molecular formula is C13H5BrF5NO3. The van der Waals surface area contributed by atoms with Gasteiger partial charge in [0.15, 0.2) is 0 Å². The lowest BCUT2D eigenvalue weighted by atomic mass is 10.2. The van der Waals surface area contributed by atoms with Gasteiger partial charge in [0.25, 0.3) is 0 Å². The quantitative estimate of drug-likeness (QED) is 0.197. The number of rotatable bonds is 3. The number of methoxy groups -OCH3 is 1. The first-order valence-corrected chi connectivity index (χ1v) is 6.51. The van der Waals surface area contributed by atoms with Crippen LogP contribution in [0.2, 0.25) is 0 Å². The Kier molecular flexibility index (Phi) is 4.83. The summed E-state index contributed by atoms with van der Waals surface area (Å²) >= 11 is 3.00. The van der Waals surface area contributed by atoms with E-state index in [0.29, 0.717) is 0 Å². The molecule has 4 nitrogen and oxygen atoms in total. The predicted octanol–water partition coefficient (Wildman–Crippen LogP) is 3.77. The van der Waals surface area contributed by atoms with Gasteiger partial charge in [0.05, 0.1) is 7.11 Å². The molecule has 10 heteroatoms. The average molecular weight is 398 g/mol. The number of pyridine rings is 1. The minimum atomic E-state index is -2.36. The number of aromatic nitrogens is 1. The van der Waals surface area contributed by atoms with Crippen molar-refractivity contribution in [3.05, 3.63) is 51.4 Å². The zero-order valence-electron chi connectivity index (χ0n) is 11.1. The Morgan fingerprint density at radius 3 is 2.04 bits per heavy atom. The highest BCUT2D eigenvalue weighted by Gasteiger charge is 2.29. The summed E-state index contributed by atoms with van der Waals surface area (Å²) in [6, 6.07) is 2.42. The van der Waals surface area contributed by atoms with Gasteiger partial charge in [-0.15, -0.1) is 0 Å². The van der Waals surface area contributed by atoms with Gasteiger partial charge in [0.1, 0.15) is 10.2 Å². The molecule has 0 aliphatic carbocycles. The Balaban J connectivity index is 2.46. The van der Waals surface area contributed by atoms with E-state index in [0.717, 1.165) is 13.2 Å². The van der Waals surface area contributed by atoms with Crippen molar-refractivity contribution >= 4 is 21.9 Å². The Hall–Kier alpha value is -2.23. The van der Waals surface area contributed by atoms with Crippen LogP contribution in [0.3, 0.4) is 0 Å². The van der Waals surface area contributed by atoms with Crippen molar-refractivity contribution in [3.63, 3.8) is 0 Å². The van der Waals surface area contributed by atoms with Crippen molar-refractivity contribution in [1.29, 1.82) is 0 Å². The van der Waals surface area contributed by atoms with E-state index >= 15 is 0 Å². The molecule has 0 spiro atoms. The summed E-state index contributed by atoms with van der Waals surface area (Å²) in [6.45, 7) is 0. The van der Waals surface area contributed by atoms with E-state index in [2.05, 4.69) is 25.7 Å². The van der Waals surface area contributed by atoms with Crippen molar-refractivity contribution in [3.8, 4) is 11.6 Å². The van der Waals surface area contributed by atoms with Gasteiger partial charge in [-0.2, -0.15) is 8.78 Å². The molecule has 23 heavy (non-hydrogen) atoms. The molecule has 2 rings (SSSR count). The molecule has 0 unspecified atom stereocenters. The molecule has 0 bridgehead atoms. The van der Waals surface area contributed by atoms with Gasteiger partial charge in [-0.3, -0.25) is 0 Å². The number of esters is 1. The molecule has 2 aromatic rings. The number of carbonyl (C=O) groups excluding carboxylic acids is 1. The first-order chi connectivity index (χ1) is 10.8. The predicted molar refractivity (Wildman–Crippen MR) is 69.7 cm³/mol. The third-order valence-electron chi connectivity index (χ3n) is 2.60. The number of carbonyl (C=O) groups is 1. The lowest BCUT2D eigenvalue weighted by Crippen LogP contribution is -2.15. The molecule has 1 aromatic carbocycles. The highest BCUT2D eigenvalue weighted by molar-refractivity contribution is 9.10. The van der Waals surface area contributed by atoms with Crippen LogP contribution in [0.25, 0.3) is 0 Å². The first kappa shape index (κ1) is 17.1. The third kappa shape index (κ3) is 3.11. The van der Waals surface area contributed by atoms with Crippen LogP contribution in [0.15, 0.2) is 16.7 Å². The summed E-state index contributed by atoms with van der Waals surface area (Å²) in [6.07, 6.45) is 0. The minimum absolute atomic E-state index is 0.270. The van der Waals surface area contributed by atoms with Crippen LogP contribution >= 0.6 is 15.9 Å². The number of nitrogens with zero attached hydrogens (tertiary/aromatic N) is 1. The number of ether oxygens (including phenoxy) is 2. The van der Waals surface area contributed by atoms with Crippen molar-refractivity contribution in [2.75, 3.05) is 7.11 Å². The fourth-order valence-electron chi connectivity index (χ4n) is 1.55. The summed E-state index contributed by atoms with van der Waals surface area (Å²) < 4.78 is 75.3. The Labute approximate surface area is 134 Å². The monoisotopic (exact) mass is 397 g/mol. The van der Waals surface area contributed by atoms with E-state index in [9.17, 15) is 26.7 Å².